The van der Waals surface area contributed by atoms with Gasteiger partial charge in [-0.1, -0.05) is 29.8 Å². The Labute approximate surface area is 144 Å². The molecular weight excluding hydrogens is 332 g/mol. The molecular formula is C18H15ClO5. The lowest BCUT2D eigenvalue weighted by Gasteiger charge is -2.10. The van der Waals surface area contributed by atoms with Crippen LogP contribution in [0.5, 0.6) is 11.5 Å². The minimum atomic E-state index is -1.00. The molecule has 0 radical (unpaired) electrons. The van der Waals surface area contributed by atoms with Crippen LogP contribution in [0.15, 0.2) is 42.5 Å². The molecule has 1 N–H and O–H groups in total. The lowest BCUT2D eigenvalue weighted by Crippen LogP contribution is -1.99. The Morgan fingerprint density at radius 3 is 2.17 bits per heavy atom. The van der Waals surface area contributed by atoms with Crippen LogP contribution in [0.3, 0.4) is 0 Å². The molecule has 0 saturated heterocycles. The molecule has 2 aromatic rings. The number of methoxy groups -OCH3 is 2. The van der Waals surface area contributed by atoms with E-state index in [4.69, 9.17) is 26.2 Å². The van der Waals surface area contributed by atoms with Crippen molar-refractivity contribution in [2.45, 2.75) is 0 Å². The Morgan fingerprint density at radius 1 is 1.04 bits per heavy atom. The lowest BCUT2D eigenvalue weighted by molar-refractivity contribution is 0.0696. The fraction of sp³-hybridized carbons (Fsp3) is 0.111. The predicted molar refractivity (Wildman–Crippen MR) is 91.3 cm³/mol. The van der Waals surface area contributed by atoms with E-state index in [1.165, 1.54) is 44.6 Å². The van der Waals surface area contributed by atoms with E-state index in [1.54, 1.807) is 18.2 Å². The van der Waals surface area contributed by atoms with Crippen LogP contribution in [0.2, 0.25) is 5.02 Å². The fourth-order valence-electron chi connectivity index (χ4n) is 2.04. The first kappa shape index (κ1) is 17.6. The van der Waals surface area contributed by atoms with Gasteiger partial charge in [-0.2, -0.15) is 0 Å². The van der Waals surface area contributed by atoms with Crippen molar-refractivity contribution in [3.05, 3.63) is 64.2 Å². The van der Waals surface area contributed by atoms with Crippen LogP contribution < -0.4 is 9.47 Å². The summed E-state index contributed by atoms with van der Waals surface area (Å²) < 4.78 is 10.3. The number of rotatable bonds is 6. The van der Waals surface area contributed by atoms with Crippen LogP contribution in [0.25, 0.3) is 6.08 Å². The highest BCUT2D eigenvalue weighted by Crippen LogP contribution is 2.33. The van der Waals surface area contributed by atoms with Crippen LogP contribution in [-0.4, -0.2) is 31.1 Å². The van der Waals surface area contributed by atoms with E-state index in [0.29, 0.717) is 17.1 Å². The van der Waals surface area contributed by atoms with Gasteiger partial charge in [0.05, 0.1) is 24.8 Å². The molecule has 0 heterocycles. The number of halogens is 1. The summed E-state index contributed by atoms with van der Waals surface area (Å²) in [6.07, 6.45) is 2.95. The van der Waals surface area contributed by atoms with Gasteiger partial charge in [0.15, 0.2) is 17.3 Å². The molecule has 2 rings (SSSR count). The molecule has 0 aliphatic rings. The van der Waals surface area contributed by atoms with Gasteiger partial charge in [0, 0.05) is 11.6 Å². The zero-order chi connectivity index (χ0) is 17.7. The zero-order valence-corrected chi connectivity index (χ0v) is 13.8. The second kappa shape index (κ2) is 7.66. The predicted octanol–water partition coefficient (Wildman–Crippen LogP) is 3.95. The van der Waals surface area contributed by atoms with Gasteiger partial charge in [0.2, 0.25) is 0 Å². The molecule has 2 aromatic carbocycles. The third kappa shape index (κ3) is 3.94. The number of carboxylic acid groups (broad SMARTS) is 1. The summed E-state index contributed by atoms with van der Waals surface area (Å²) in [5.74, 6) is -0.460. The first-order valence-electron chi connectivity index (χ1n) is 6.93. The summed E-state index contributed by atoms with van der Waals surface area (Å²) in [7, 11) is 2.95. The Morgan fingerprint density at radius 2 is 1.62 bits per heavy atom. The monoisotopic (exact) mass is 346 g/mol. The molecule has 0 spiro atoms. The molecule has 124 valence electrons. The molecule has 0 aliphatic heterocycles. The minimum absolute atomic E-state index is 0.182. The van der Waals surface area contributed by atoms with E-state index in [9.17, 15) is 9.59 Å². The summed E-state index contributed by atoms with van der Waals surface area (Å²) in [5.41, 5.74) is 1.17. The molecule has 0 fully saturated rings. The molecule has 0 atom stereocenters. The van der Waals surface area contributed by atoms with Gasteiger partial charge in [-0.3, -0.25) is 4.79 Å². The van der Waals surface area contributed by atoms with Crippen LogP contribution in [0, 0.1) is 0 Å². The highest BCUT2D eigenvalue weighted by atomic mass is 35.5. The lowest BCUT2D eigenvalue weighted by atomic mass is 10.1. The number of aromatic carboxylic acids is 1. The highest BCUT2D eigenvalue weighted by molar-refractivity contribution is 6.35. The van der Waals surface area contributed by atoms with Crippen LogP contribution in [0.4, 0.5) is 0 Å². The summed E-state index contributed by atoms with van der Waals surface area (Å²) in [6.45, 7) is 0. The van der Waals surface area contributed by atoms with Crippen molar-refractivity contribution < 1.29 is 24.2 Å². The van der Waals surface area contributed by atoms with Gasteiger partial charge in [0.25, 0.3) is 0 Å². The molecule has 6 heteroatoms. The number of hydrogen-bond acceptors (Lipinski definition) is 4. The number of hydrogen-bond donors (Lipinski definition) is 1. The van der Waals surface area contributed by atoms with Crippen LogP contribution in [0.1, 0.15) is 26.3 Å². The molecule has 0 amide bonds. The van der Waals surface area contributed by atoms with Gasteiger partial charge in [-0.05, 0) is 29.8 Å². The number of carbonyl (C=O) groups is 2. The van der Waals surface area contributed by atoms with Crippen molar-refractivity contribution in [3.63, 3.8) is 0 Å². The smallest absolute Gasteiger partial charge is 0.335 e. The number of carbonyl (C=O) groups excluding carboxylic acids is 1. The van der Waals surface area contributed by atoms with Crippen LogP contribution >= 0.6 is 11.6 Å². The van der Waals surface area contributed by atoms with Crippen molar-refractivity contribution in [1.29, 1.82) is 0 Å². The van der Waals surface area contributed by atoms with Gasteiger partial charge >= 0.3 is 5.97 Å². The SMILES string of the molecule is COc1cc(Cl)c(C(=O)/C=C/c2ccc(C(=O)O)cc2)cc1OC. The number of ketones is 1. The Balaban J connectivity index is 2.24. The topological polar surface area (TPSA) is 72.8 Å². The van der Waals surface area contributed by atoms with E-state index in [-0.39, 0.29) is 21.9 Å². The average molecular weight is 347 g/mol. The quantitative estimate of drug-likeness (QED) is 0.633. The largest absolute Gasteiger partial charge is 0.493 e. The van der Waals surface area contributed by atoms with Gasteiger partial charge < -0.3 is 14.6 Å². The number of carboxylic acids is 1. The first-order chi connectivity index (χ1) is 11.5. The Hall–Kier alpha value is -2.79. The van der Waals surface area contributed by atoms with Crippen LogP contribution in [-0.2, 0) is 0 Å². The molecule has 0 bridgehead atoms. The second-order valence-electron chi connectivity index (χ2n) is 4.81. The van der Waals surface area contributed by atoms with Gasteiger partial charge in [0.1, 0.15) is 0 Å². The maximum absolute atomic E-state index is 12.3. The summed E-state index contributed by atoms with van der Waals surface area (Å²) >= 11 is 6.11. The van der Waals surface area contributed by atoms with Gasteiger partial charge in [-0.25, -0.2) is 4.79 Å². The molecule has 0 unspecified atom stereocenters. The van der Waals surface area contributed by atoms with E-state index in [2.05, 4.69) is 0 Å². The maximum atomic E-state index is 12.3. The first-order valence-corrected chi connectivity index (χ1v) is 7.31. The third-order valence-electron chi connectivity index (χ3n) is 3.32. The van der Waals surface area contributed by atoms with Crippen molar-refractivity contribution in [3.8, 4) is 11.5 Å². The van der Waals surface area contributed by atoms with E-state index in [1.807, 2.05) is 0 Å². The zero-order valence-electron chi connectivity index (χ0n) is 13.1. The third-order valence-corrected chi connectivity index (χ3v) is 3.64. The maximum Gasteiger partial charge on any atom is 0.335 e. The Bertz CT molecular complexity index is 794. The highest BCUT2D eigenvalue weighted by Gasteiger charge is 2.14. The van der Waals surface area contributed by atoms with Crippen molar-refractivity contribution in [1.82, 2.24) is 0 Å². The molecule has 0 saturated carbocycles. The number of benzene rings is 2. The van der Waals surface area contributed by atoms with Crippen molar-refractivity contribution >= 4 is 29.4 Å². The van der Waals surface area contributed by atoms with E-state index in [0.717, 1.165) is 0 Å². The standard InChI is InChI=1S/C18H15ClO5/c1-23-16-9-13(14(19)10-17(16)24-2)15(20)8-5-11-3-6-12(7-4-11)18(21)22/h3-10H,1-2H3,(H,21,22)/b8-5+. The molecule has 0 aliphatic carbocycles. The fourth-order valence-corrected chi connectivity index (χ4v) is 2.29. The molecule has 24 heavy (non-hydrogen) atoms. The summed E-state index contributed by atoms with van der Waals surface area (Å²) in [4.78, 5) is 23.1. The molecule has 5 nitrogen and oxygen atoms in total. The minimum Gasteiger partial charge on any atom is -0.493 e. The van der Waals surface area contributed by atoms with E-state index < -0.39 is 5.97 Å². The van der Waals surface area contributed by atoms with E-state index >= 15 is 0 Å². The normalized spacial score (nSPS) is 10.6. The van der Waals surface area contributed by atoms with Crippen molar-refractivity contribution in [2.75, 3.05) is 14.2 Å². The number of allylic oxidation sites excluding steroid dienone is 1. The summed E-state index contributed by atoms with van der Waals surface area (Å²) in [5, 5.41) is 9.11. The van der Waals surface area contributed by atoms with Crippen molar-refractivity contribution in [2.24, 2.45) is 0 Å². The van der Waals surface area contributed by atoms with Gasteiger partial charge in [-0.15, -0.1) is 0 Å². The summed E-state index contributed by atoms with van der Waals surface area (Å²) in [6, 6.07) is 9.20. The number of ether oxygens (including phenoxy) is 2. The molecule has 0 aromatic heterocycles. The average Bonchev–Trinajstić information content (AvgIpc) is 2.59. The Kier molecular flexibility index (Phi) is 5.60. The second-order valence-corrected chi connectivity index (χ2v) is 5.22.